The van der Waals surface area contributed by atoms with Crippen LogP contribution in [0.2, 0.25) is 5.02 Å². The zero-order valence-electron chi connectivity index (χ0n) is 17.1. The summed E-state index contributed by atoms with van der Waals surface area (Å²) in [5.41, 5.74) is 4.34. The number of hydrogen-bond donors (Lipinski definition) is 1. The maximum absolute atomic E-state index is 12.2. The van der Waals surface area contributed by atoms with Crippen LogP contribution in [-0.2, 0) is 16.2 Å². The summed E-state index contributed by atoms with van der Waals surface area (Å²) in [5.74, 6) is 0.686. The van der Waals surface area contributed by atoms with E-state index in [0.29, 0.717) is 16.8 Å². The Hall–Kier alpha value is -2.39. The van der Waals surface area contributed by atoms with E-state index in [1.807, 2.05) is 73.3 Å². The van der Waals surface area contributed by atoms with Gasteiger partial charge in [0.05, 0.1) is 18.4 Å². The Kier molecular flexibility index (Phi) is 7.87. The number of carbonyl (C=O) groups excluding carboxylic acids is 1. The van der Waals surface area contributed by atoms with Crippen LogP contribution in [0, 0.1) is 0 Å². The summed E-state index contributed by atoms with van der Waals surface area (Å²) < 4.78 is 1.95. The molecule has 1 heterocycles. The molecule has 0 bridgehead atoms. The van der Waals surface area contributed by atoms with Crippen LogP contribution in [0.25, 0.3) is 5.69 Å². The van der Waals surface area contributed by atoms with Crippen LogP contribution in [0.3, 0.4) is 0 Å². The molecule has 1 atom stereocenters. The maximum Gasteiger partial charge on any atom is 0.254 e. The van der Waals surface area contributed by atoms with Gasteiger partial charge in [0.2, 0.25) is 0 Å². The summed E-state index contributed by atoms with van der Waals surface area (Å²) in [6.07, 6.45) is 0. The standard InChI is InChI=1S/C21H24ClN5O2S/c1-15(26(2)3)20-23-24-21(27(20)18-11-9-17(22)10-12-18)30-14-19(28)25-29-13-16-7-5-4-6-8-16/h4-12,15H,13-14H2,1-3H3,(H,25,28). The van der Waals surface area contributed by atoms with E-state index in [4.69, 9.17) is 16.4 Å². The van der Waals surface area contributed by atoms with Crippen LogP contribution >= 0.6 is 23.4 Å². The van der Waals surface area contributed by atoms with Gasteiger partial charge >= 0.3 is 0 Å². The number of nitrogens with one attached hydrogen (secondary N) is 1. The van der Waals surface area contributed by atoms with E-state index in [0.717, 1.165) is 17.1 Å². The van der Waals surface area contributed by atoms with E-state index in [9.17, 15) is 4.79 Å². The fourth-order valence-electron chi connectivity index (χ4n) is 2.64. The lowest BCUT2D eigenvalue weighted by Gasteiger charge is -2.20. The van der Waals surface area contributed by atoms with Gasteiger partial charge in [-0.25, -0.2) is 5.48 Å². The summed E-state index contributed by atoms with van der Waals surface area (Å²) >= 11 is 7.34. The molecule has 3 rings (SSSR count). The number of carbonyl (C=O) groups is 1. The summed E-state index contributed by atoms with van der Waals surface area (Å²) in [7, 11) is 3.96. The average Bonchev–Trinajstić information content (AvgIpc) is 3.16. The molecule has 30 heavy (non-hydrogen) atoms. The summed E-state index contributed by atoms with van der Waals surface area (Å²) in [6.45, 7) is 2.36. The van der Waals surface area contributed by atoms with Gasteiger partial charge < -0.3 is 0 Å². The van der Waals surface area contributed by atoms with Crippen molar-refractivity contribution >= 4 is 29.3 Å². The van der Waals surface area contributed by atoms with Crippen LogP contribution < -0.4 is 5.48 Å². The number of aromatic nitrogens is 3. The molecule has 1 aromatic heterocycles. The van der Waals surface area contributed by atoms with E-state index in [2.05, 4.69) is 27.5 Å². The molecule has 7 nitrogen and oxygen atoms in total. The number of rotatable bonds is 9. The molecule has 0 radical (unpaired) electrons. The van der Waals surface area contributed by atoms with Crippen LogP contribution in [0.5, 0.6) is 0 Å². The second-order valence-electron chi connectivity index (χ2n) is 6.88. The van der Waals surface area contributed by atoms with Crippen molar-refractivity contribution in [2.75, 3.05) is 19.8 Å². The van der Waals surface area contributed by atoms with Gasteiger partial charge in [0.1, 0.15) is 0 Å². The molecule has 1 amide bonds. The largest absolute Gasteiger partial charge is 0.300 e. The van der Waals surface area contributed by atoms with Gasteiger partial charge in [-0.1, -0.05) is 53.7 Å². The zero-order chi connectivity index (χ0) is 21.5. The monoisotopic (exact) mass is 445 g/mol. The van der Waals surface area contributed by atoms with Gasteiger partial charge in [0, 0.05) is 10.7 Å². The van der Waals surface area contributed by atoms with Crippen molar-refractivity contribution < 1.29 is 9.63 Å². The minimum Gasteiger partial charge on any atom is -0.300 e. The summed E-state index contributed by atoms with van der Waals surface area (Å²) in [5, 5.41) is 9.96. The molecule has 158 valence electrons. The number of halogens is 1. The molecule has 1 N–H and O–H groups in total. The van der Waals surface area contributed by atoms with Gasteiger partial charge in [0.25, 0.3) is 5.91 Å². The summed E-state index contributed by atoms with van der Waals surface area (Å²) in [6, 6.07) is 17.1. The Labute approximate surface area is 185 Å². The topological polar surface area (TPSA) is 72.3 Å². The normalized spacial score (nSPS) is 12.2. The lowest BCUT2D eigenvalue weighted by Crippen LogP contribution is -2.25. The predicted molar refractivity (Wildman–Crippen MR) is 119 cm³/mol. The molecule has 0 spiro atoms. The molecule has 2 aromatic carbocycles. The van der Waals surface area contributed by atoms with E-state index < -0.39 is 0 Å². The first-order chi connectivity index (χ1) is 14.5. The molecule has 0 saturated heterocycles. The van der Waals surface area contributed by atoms with Gasteiger partial charge in [0.15, 0.2) is 11.0 Å². The smallest absolute Gasteiger partial charge is 0.254 e. The number of hydroxylamine groups is 1. The average molecular weight is 446 g/mol. The van der Waals surface area contributed by atoms with Crippen LogP contribution in [0.4, 0.5) is 0 Å². The third kappa shape index (κ3) is 5.82. The fourth-order valence-corrected chi connectivity index (χ4v) is 3.51. The van der Waals surface area contributed by atoms with Gasteiger partial charge in [-0.2, -0.15) is 0 Å². The predicted octanol–water partition coefficient (Wildman–Crippen LogP) is 3.88. The first-order valence-electron chi connectivity index (χ1n) is 9.40. The van der Waals surface area contributed by atoms with E-state index in [-0.39, 0.29) is 17.7 Å². The molecule has 9 heteroatoms. The second kappa shape index (κ2) is 10.6. The molecule has 0 saturated carbocycles. The van der Waals surface area contributed by atoms with E-state index in [1.165, 1.54) is 11.8 Å². The van der Waals surface area contributed by atoms with Crippen molar-refractivity contribution in [1.29, 1.82) is 0 Å². The number of thioether (sulfide) groups is 1. The highest BCUT2D eigenvalue weighted by Gasteiger charge is 2.21. The van der Waals surface area contributed by atoms with Crippen molar-refractivity contribution in [1.82, 2.24) is 25.1 Å². The third-order valence-electron chi connectivity index (χ3n) is 4.49. The van der Waals surface area contributed by atoms with Crippen molar-refractivity contribution in [3.63, 3.8) is 0 Å². The number of nitrogens with zero attached hydrogens (tertiary/aromatic N) is 4. The van der Waals surface area contributed by atoms with E-state index >= 15 is 0 Å². The first-order valence-corrected chi connectivity index (χ1v) is 10.8. The van der Waals surface area contributed by atoms with Crippen molar-refractivity contribution in [2.45, 2.75) is 24.7 Å². The molecular formula is C21H24ClN5O2S. The quantitative estimate of drug-likeness (QED) is 0.398. The van der Waals surface area contributed by atoms with Crippen molar-refractivity contribution in [3.05, 3.63) is 71.0 Å². The molecular weight excluding hydrogens is 422 g/mol. The van der Waals surface area contributed by atoms with Gasteiger partial charge in [-0.15, -0.1) is 10.2 Å². The van der Waals surface area contributed by atoms with Crippen LogP contribution in [0.15, 0.2) is 59.8 Å². The third-order valence-corrected chi connectivity index (χ3v) is 5.67. The maximum atomic E-state index is 12.2. The molecule has 1 unspecified atom stereocenters. The molecule has 0 aliphatic carbocycles. The summed E-state index contributed by atoms with van der Waals surface area (Å²) in [4.78, 5) is 19.6. The zero-order valence-corrected chi connectivity index (χ0v) is 18.7. The molecule has 0 aliphatic rings. The number of hydrogen-bond acceptors (Lipinski definition) is 6. The van der Waals surface area contributed by atoms with Crippen molar-refractivity contribution in [2.24, 2.45) is 0 Å². The second-order valence-corrected chi connectivity index (χ2v) is 8.26. The molecule has 0 fully saturated rings. The fraction of sp³-hybridized carbons (Fsp3) is 0.286. The molecule has 3 aromatic rings. The minimum absolute atomic E-state index is 0.0329. The van der Waals surface area contributed by atoms with Gasteiger partial charge in [-0.3, -0.25) is 19.1 Å². The Morgan fingerprint density at radius 1 is 1.17 bits per heavy atom. The van der Waals surface area contributed by atoms with Crippen LogP contribution in [-0.4, -0.2) is 45.4 Å². The first kappa shape index (κ1) is 22.3. The van der Waals surface area contributed by atoms with Gasteiger partial charge in [-0.05, 0) is 50.8 Å². The number of benzene rings is 2. The lowest BCUT2D eigenvalue weighted by atomic mass is 10.2. The Bertz CT molecular complexity index is 963. The Balaban J connectivity index is 1.67. The Morgan fingerprint density at radius 2 is 1.87 bits per heavy atom. The highest BCUT2D eigenvalue weighted by atomic mass is 35.5. The Morgan fingerprint density at radius 3 is 2.53 bits per heavy atom. The minimum atomic E-state index is -0.246. The van der Waals surface area contributed by atoms with Crippen LogP contribution in [0.1, 0.15) is 24.4 Å². The SMILES string of the molecule is CC(c1nnc(SCC(=O)NOCc2ccccc2)n1-c1ccc(Cl)cc1)N(C)C. The van der Waals surface area contributed by atoms with Crippen molar-refractivity contribution in [3.8, 4) is 5.69 Å². The molecule has 0 aliphatic heterocycles. The number of amides is 1. The highest BCUT2D eigenvalue weighted by molar-refractivity contribution is 7.99. The highest BCUT2D eigenvalue weighted by Crippen LogP contribution is 2.27. The lowest BCUT2D eigenvalue weighted by molar-refractivity contribution is -0.131. The van der Waals surface area contributed by atoms with E-state index in [1.54, 1.807) is 0 Å².